The number of aromatic hydroxyl groups is 2. The number of allylic oxidation sites excluding steroid dienone is 1. The van der Waals surface area contributed by atoms with Crippen LogP contribution in [0.5, 0.6) is 11.5 Å². The highest BCUT2D eigenvalue weighted by atomic mass is 16.4. The van der Waals surface area contributed by atoms with Gasteiger partial charge in [0.1, 0.15) is 11.5 Å². The van der Waals surface area contributed by atoms with Gasteiger partial charge < -0.3 is 15.3 Å². The second-order valence-electron chi connectivity index (χ2n) is 12.0. The van der Waals surface area contributed by atoms with Gasteiger partial charge in [-0.05, 0) is 59.3 Å². The fraction of sp³-hybridized carbons (Fsp3) is 0.432. The molecule has 0 saturated carbocycles. The summed E-state index contributed by atoms with van der Waals surface area (Å²) in [5, 5.41) is 34.1. The van der Waals surface area contributed by atoms with Crippen molar-refractivity contribution in [2.24, 2.45) is 11.8 Å². The van der Waals surface area contributed by atoms with Gasteiger partial charge in [-0.25, -0.2) is 0 Å². The molecular weight excluding hydrogens is 508 g/mol. The Morgan fingerprint density at radius 2 is 1.41 bits per heavy atom. The standard InChI is InChI=1S/C37H46O4/c1-5-13-24(3)25(4)34-31(21-27-14-9-7-10-15-27)36(40)35(37(41)32(34)22-28-16-11-8-12-17-28)30-20-26(6-2)18-19-29(30)23-33(38)39/h7-12,14-17,24-26,40-41H,5-6,13,18-23H2,1-4H3,(H,38,39). The molecule has 0 saturated heterocycles. The molecule has 41 heavy (non-hydrogen) atoms. The van der Waals surface area contributed by atoms with Crippen LogP contribution >= 0.6 is 0 Å². The van der Waals surface area contributed by atoms with E-state index in [9.17, 15) is 20.1 Å². The van der Waals surface area contributed by atoms with E-state index < -0.39 is 5.97 Å². The van der Waals surface area contributed by atoms with E-state index in [2.05, 4.69) is 52.0 Å². The number of carbonyl (C=O) groups is 1. The molecule has 0 aliphatic heterocycles. The van der Waals surface area contributed by atoms with Crippen molar-refractivity contribution in [1.82, 2.24) is 0 Å². The van der Waals surface area contributed by atoms with Crippen LogP contribution in [0, 0.1) is 11.8 Å². The first kappa shape index (κ1) is 30.4. The average molecular weight is 555 g/mol. The zero-order valence-electron chi connectivity index (χ0n) is 25.1. The van der Waals surface area contributed by atoms with Gasteiger partial charge in [0.05, 0.1) is 12.0 Å². The molecule has 0 radical (unpaired) electrons. The second-order valence-corrected chi connectivity index (χ2v) is 12.0. The number of aliphatic carboxylic acids is 1. The summed E-state index contributed by atoms with van der Waals surface area (Å²) in [5.74, 6) is 0.209. The van der Waals surface area contributed by atoms with E-state index >= 15 is 0 Å². The van der Waals surface area contributed by atoms with Crippen LogP contribution in [0.1, 0.15) is 112 Å². The number of hydrogen-bond donors (Lipinski definition) is 3. The van der Waals surface area contributed by atoms with Crippen LogP contribution in [0.2, 0.25) is 0 Å². The molecule has 0 amide bonds. The van der Waals surface area contributed by atoms with Gasteiger partial charge in [0, 0.05) is 24.0 Å². The summed E-state index contributed by atoms with van der Waals surface area (Å²) in [6.45, 7) is 8.84. The van der Waals surface area contributed by atoms with E-state index in [1.807, 2.05) is 36.4 Å². The first-order valence-electron chi connectivity index (χ1n) is 15.3. The summed E-state index contributed by atoms with van der Waals surface area (Å²) in [7, 11) is 0. The van der Waals surface area contributed by atoms with Crippen LogP contribution in [-0.2, 0) is 17.6 Å². The van der Waals surface area contributed by atoms with Crippen molar-refractivity contribution in [3.8, 4) is 11.5 Å². The van der Waals surface area contributed by atoms with Crippen molar-refractivity contribution in [2.45, 2.75) is 91.4 Å². The van der Waals surface area contributed by atoms with Crippen LogP contribution in [0.3, 0.4) is 0 Å². The van der Waals surface area contributed by atoms with Crippen molar-refractivity contribution in [1.29, 1.82) is 0 Å². The van der Waals surface area contributed by atoms with Crippen LogP contribution in [0.25, 0.3) is 5.57 Å². The van der Waals surface area contributed by atoms with Crippen molar-refractivity contribution in [3.63, 3.8) is 0 Å². The minimum atomic E-state index is -0.876. The highest BCUT2D eigenvalue weighted by molar-refractivity contribution is 5.84. The highest BCUT2D eigenvalue weighted by Gasteiger charge is 2.33. The maximum absolute atomic E-state index is 12.2. The molecule has 4 nitrogen and oxygen atoms in total. The Kier molecular flexibility index (Phi) is 10.3. The van der Waals surface area contributed by atoms with Crippen LogP contribution in [0.15, 0.2) is 66.2 Å². The number of carboxylic acids is 1. The smallest absolute Gasteiger partial charge is 0.307 e. The van der Waals surface area contributed by atoms with Gasteiger partial charge in [-0.1, -0.05) is 113 Å². The number of hydrogen-bond acceptors (Lipinski definition) is 3. The fourth-order valence-electron chi connectivity index (χ4n) is 6.70. The van der Waals surface area contributed by atoms with Gasteiger partial charge >= 0.3 is 5.97 Å². The Hall–Kier alpha value is -3.53. The Labute approximate surface area is 245 Å². The minimum Gasteiger partial charge on any atom is -0.507 e. The van der Waals surface area contributed by atoms with Gasteiger partial charge in [0.15, 0.2) is 0 Å². The molecule has 0 bridgehead atoms. The van der Waals surface area contributed by atoms with Crippen LogP contribution < -0.4 is 0 Å². The van der Waals surface area contributed by atoms with Gasteiger partial charge in [-0.3, -0.25) is 4.79 Å². The maximum atomic E-state index is 12.2. The monoisotopic (exact) mass is 554 g/mol. The lowest BCUT2D eigenvalue weighted by Gasteiger charge is -2.32. The van der Waals surface area contributed by atoms with Crippen molar-refractivity contribution >= 4 is 11.5 Å². The Morgan fingerprint density at radius 3 is 1.88 bits per heavy atom. The van der Waals surface area contributed by atoms with Crippen molar-refractivity contribution < 1.29 is 20.1 Å². The fourth-order valence-corrected chi connectivity index (χ4v) is 6.70. The molecule has 3 N–H and O–H groups in total. The summed E-state index contributed by atoms with van der Waals surface area (Å²) in [4.78, 5) is 11.9. The summed E-state index contributed by atoms with van der Waals surface area (Å²) in [6, 6.07) is 20.4. The third kappa shape index (κ3) is 7.04. The summed E-state index contributed by atoms with van der Waals surface area (Å²) in [6.07, 6.45) is 6.36. The van der Waals surface area contributed by atoms with Gasteiger partial charge in [0.25, 0.3) is 0 Å². The lowest BCUT2D eigenvalue weighted by Crippen LogP contribution is -2.16. The van der Waals surface area contributed by atoms with Gasteiger partial charge in [-0.15, -0.1) is 0 Å². The first-order valence-corrected chi connectivity index (χ1v) is 15.3. The van der Waals surface area contributed by atoms with E-state index in [4.69, 9.17) is 0 Å². The van der Waals surface area contributed by atoms with E-state index in [0.29, 0.717) is 43.1 Å². The topological polar surface area (TPSA) is 77.8 Å². The molecule has 0 fully saturated rings. The zero-order valence-corrected chi connectivity index (χ0v) is 25.1. The molecule has 1 aliphatic carbocycles. The molecular formula is C37H46O4. The second kappa shape index (κ2) is 13.9. The maximum Gasteiger partial charge on any atom is 0.307 e. The molecule has 0 aromatic heterocycles. The van der Waals surface area contributed by atoms with Crippen molar-refractivity contribution in [2.75, 3.05) is 0 Å². The molecule has 3 atom stereocenters. The Morgan fingerprint density at radius 1 is 0.878 bits per heavy atom. The number of rotatable bonds is 12. The quantitative estimate of drug-likeness (QED) is 0.208. The molecule has 4 heteroatoms. The molecule has 0 spiro atoms. The normalized spacial score (nSPS) is 16.9. The summed E-state index contributed by atoms with van der Waals surface area (Å²) >= 11 is 0. The predicted octanol–water partition coefficient (Wildman–Crippen LogP) is 9.26. The Bertz CT molecular complexity index is 1290. The largest absolute Gasteiger partial charge is 0.507 e. The Balaban J connectivity index is 2.05. The predicted molar refractivity (Wildman–Crippen MR) is 168 cm³/mol. The van der Waals surface area contributed by atoms with E-state index in [-0.39, 0.29) is 23.8 Å². The number of phenols is 2. The lowest BCUT2D eigenvalue weighted by molar-refractivity contribution is -0.136. The molecule has 0 heterocycles. The first-order chi connectivity index (χ1) is 19.7. The van der Waals surface area contributed by atoms with E-state index in [0.717, 1.165) is 64.6 Å². The lowest BCUT2D eigenvalue weighted by atomic mass is 9.73. The summed E-state index contributed by atoms with van der Waals surface area (Å²) < 4.78 is 0. The molecule has 1 aliphatic rings. The molecule has 3 unspecified atom stereocenters. The van der Waals surface area contributed by atoms with Gasteiger partial charge in [0.2, 0.25) is 0 Å². The van der Waals surface area contributed by atoms with Crippen LogP contribution in [-0.4, -0.2) is 21.3 Å². The van der Waals surface area contributed by atoms with Crippen LogP contribution in [0.4, 0.5) is 0 Å². The zero-order chi connectivity index (χ0) is 29.5. The molecule has 3 aromatic carbocycles. The highest BCUT2D eigenvalue weighted by Crippen LogP contribution is 2.51. The third-order valence-electron chi connectivity index (χ3n) is 9.21. The molecule has 3 aromatic rings. The number of benzene rings is 3. The van der Waals surface area contributed by atoms with Gasteiger partial charge in [-0.2, -0.15) is 0 Å². The van der Waals surface area contributed by atoms with E-state index in [1.54, 1.807) is 0 Å². The number of carboxylic acid groups (broad SMARTS) is 1. The molecule has 218 valence electrons. The average Bonchev–Trinajstić information content (AvgIpc) is 2.97. The summed E-state index contributed by atoms with van der Waals surface area (Å²) in [5.41, 5.74) is 7.02. The SMILES string of the molecule is CCCC(C)C(C)c1c(Cc2ccccc2)c(O)c(C2=C(CC(=O)O)CCC(CC)C2)c(O)c1Cc1ccccc1. The van der Waals surface area contributed by atoms with Crippen molar-refractivity contribution in [3.05, 3.63) is 99.6 Å². The minimum absolute atomic E-state index is 0.0711. The van der Waals surface area contributed by atoms with E-state index in [1.165, 1.54) is 0 Å². The third-order valence-corrected chi connectivity index (χ3v) is 9.21. The molecule has 4 rings (SSSR count). The number of phenolic OH excluding ortho intramolecular Hbond substituents is 2.